The number of benzene rings is 6. The van der Waals surface area contributed by atoms with Crippen LogP contribution in [0.25, 0.3) is 71.7 Å². The van der Waals surface area contributed by atoms with Crippen molar-refractivity contribution < 1.29 is 20.9 Å². The Morgan fingerprint density at radius 1 is 0.474 bits per heavy atom. The van der Waals surface area contributed by atoms with E-state index in [-0.39, 0.29) is 27.4 Å². The lowest BCUT2D eigenvalue weighted by atomic mass is 9.99. The summed E-state index contributed by atoms with van der Waals surface area (Å²) in [6.07, 6.45) is 0. The van der Waals surface area contributed by atoms with Gasteiger partial charge in [0.2, 0.25) is 0 Å². The van der Waals surface area contributed by atoms with Crippen LogP contribution in [0.5, 0.6) is 0 Å². The minimum Gasteiger partial charge on any atom is -0.456 e. The highest BCUT2D eigenvalue weighted by molar-refractivity contribution is 6.09. The zero-order valence-corrected chi connectivity index (χ0v) is 19.7. The highest BCUT2D eigenvalue weighted by atomic mass is 16.3. The summed E-state index contributed by atoms with van der Waals surface area (Å²) < 4.78 is 111. The van der Waals surface area contributed by atoms with Crippen molar-refractivity contribution in [3.63, 3.8) is 0 Å². The fourth-order valence-corrected chi connectivity index (χ4v) is 4.94. The Bertz CT molecular complexity index is 2680. The zero-order chi connectivity index (χ0) is 35.5. The van der Waals surface area contributed by atoms with Crippen molar-refractivity contribution in [2.75, 3.05) is 0 Å². The largest absolute Gasteiger partial charge is 0.456 e. The van der Waals surface area contributed by atoms with E-state index < -0.39 is 78.2 Å². The van der Waals surface area contributed by atoms with E-state index in [0.717, 1.165) is 37.6 Å². The molecular weight excluding hydrogens is 462 g/mol. The van der Waals surface area contributed by atoms with Crippen molar-refractivity contribution >= 4 is 43.7 Å². The lowest BCUT2D eigenvalue weighted by Crippen LogP contribution is -1.93. The fraction of sp³-hybridized carbons (Fsp3) is 0. The van der Waals surface area contributed by atoms with Gasteiger partial charge in [-0.05, 0) is 64.6 Å². The Balaban J connectivity index is 1.34. The Morgan fingerprint density at radius 3 is 1.76 bits per heavy atom. The van der Waals surface area contributed by atoms with Crippen LogP contribution in [0.4, 0.5) is 0 Å². The molecule has 0 saturated carbocycles. The van der Waals surface area contributed by atoms with E-state index >= 15 is 0 Å². The molecule has 0 N–H and O–H groups in total. The molecule has 0 saturated heterocycles. The van der Waals surface area contributed by atoms with Crippen LogP contribution < -0.4 is 0 Å². The van der Waals surface area contributed by atoms with Crippen LogP contribution in [0, 0.1) is 0 Å². The molecular formula is C36H23NO. The molecule has 8 aromatic rings. The van der Waals surface area contributed by atoms with Gasteiger partial charge in [-0.25, -0.2) is 0 Å². The minimum atomic E-state index is -0.645. The molecule has 0 bridgehead atoms. The third-order valence-electron chi connectivity index (χ3n) is 6.75. The number of furan rings is 1. The van der Waals surface area contributed by atoms with Gasteiger partial charge in [-0.3, -0.25) is 0 Å². The van der Waals surface area contributed by atoms with E-state index in [9.17, 15) is 0 Å². The van der Waals surface area contributed by atoms with Crippen LogP contribution >= 0.6 is 0 Å². The topological polar surface area (TPSA) is 18.1 Å². The van der Waals surface area contributed by atoms with E-state index in [2.05, 4.69) is 0 Å². The van der Waals surface area contributed by atoms with E-state index in [4.69, 9.17) is 20.9 Å². The first kappa shape index (κ1) is 12.4. The van der Waals surface area contributed by atoms with Crippen molar-refractivity contribution in [3.05, 3.63) is 139 Å². The summed E-state index contributed by atoms with van der Waals surface area (Å²) in [4.78, 5) is 0. The Morgan fingerprint density at radius 2 is 1.05 bits per heavy atom. The summed E-state index contributed by atoms with van der Waals surface area (Å²) in [5, 5.41) is 1.52. The average Bonchev–Trinajstić information content (AvgIpc) is 3.67. The Kier molecular flexibility index (Phi) is 2.69. The number of hydrogen-bond acceptors (Lipinski definition) is 1. The number of hydrogen-bond donors (Lipinski definition) is 0. The number of fused-ring (bicyclic) bond motifs is 6. The van der Waals surface area contributed by atoms with Crippen molar-refractivity contribution in [2.45, 2.75) is 0 Å². The van der Waals surface area contributed by atoms with Gasteiger partial charge in [-0.1, -0.05) is 96.9 Å². The van der Waals surface area contributed by atoms with Gasteiger partial charge in [0.15, 0.2) is 0 Å². The molecule has 0 atom stereocenters. The van der Waals surface area contributed by atoms with Crippen molar-refractivity contribution in [2.24, 2.45) is 0 Å². The molecule has 6 aromatic carbocycles. The lowest BCUT2D eigenvalue weighted by molar-refractivity contribution is 0.669. The van der Waals surface area contributed by atoms with Crippen LogP contribution in [-0.2, 0) is 0 Å². The second-order valence-corrected chi connectivity index (χ2v) is 8.89. The van der Waals surface area contributed by atoms with Gasteiger partial charge in [0.1, 0.15) is 11.2 Å². The molecule has 8 rings (SSSR count). The molecule has 0 aliphatic carbocycles. The molecule has 2 heteroatoms. The standard InChI is InChI=1S/C36H23NO/c1-4-10-33-29(7-1)30-8-2-5-11-34(30)37(33)28-20-17-25(18-21-28)24-13-15-26(16-14-24)27-19-22-36-32(23-27)31-9-3-6-12-35(31)38-36/h1-23H/i1D,2D,4D,5D,7D,8D,10D,11D,17D,18D,20D,21D. The van der Waals surface area contributed by atoms with Crippen LogP contribution in [0.3, 0.4) is 0 Å². The first-order chi connectivity index (χ1) is 23.8. The predicted octanol–water partition coefficient (Wildman–Crippen LogP) is 10.0. The third kappa shape index (κ3) is 3.21. The number of rotatable bonds is 3. The summed E-state index contributed by atoms with van der Waals surface area (Å²) in [6, 6.07) is 13.8. The monoisotopic (exact) mass is 497 g/mol. The summed E-state index contributed by atoms with van der Waals surface area (Å²) >= 11 is 0. The second-order valence-electron chi connectivity index (χ2n) is 8.89. The van der Waals surface area contributed by atoms with E-state index in [1.807, 2.05) is 54.6 Å². The maximum absolute atomic E-state index is 9.09. The summed E-state index contributed by atoms with van der Waals surface area (Å²) in [5.74, 6) is 0. The van der Waals surface area contributed by atoms with E-state index in [1.54, 1.807) is 12.1 Å². The van der Waals surface area contributed by atoms with E-state index in [0.29, 0.717) is 5.56 Å². The Labute approximate surface area is 236 Å². The fourth-order valence-electron chi connectivity index (χ4n) is 4.94. The average molecular weight is 498 g/mol. The highest BCUT2D eigenvalue weighted by Crippen LogP contribution is 2.34. The van der Waals surface area contributed by atoms with Gasteiger partial charge < -0.3 is 8.98 Å². The Hall–Kier alpha value is -5.08. The quantitative estimate of drug-likeness (QED) is 0.237. The number of nitrogens with zero attached hydrogens (tertiary/aromatic N) is 1. The predicted molar refractivity (Wildman–Crippen MR) is 159 cm³/mol. The molecule has 0 aliphatic rings. The molecule has 0 amide bonds. The third-order valence-corrected chi connectivity index (χ3v) is 6.75. The zero-order valence-electron chi connectivity index (χ0n) is 31.7. The van der Waals surface area contributed by atoms with Crippen LogP contribution in [0.2, 0.25) is 0 Å². The van der Waals surface area contributed by atoms with Crippen LogP contribution in [0.15, 0.2) is 144 Å². The van der Waals surface area contributed by atoms with Crippen LogP contribution in [0.1, 0.15) is 16.4 Å². The SMILES string of the molecule is [2H]c1c([2H])c(-n2c3c([2H])c([2H])c([2H])c([2H])c3c3c([2H])c([2H])c([2H])c([2H])c32)c([2H])c([2H])c1-c1ccc(-c2ccc3oc4ccccc4c3c2)cc1. The van der Waals surface area contributed by atoms with Gasteiger partial charge in [0, 0.05) is 27.2 Å². The maximum Gasteiger partial charge on any atom is 0.135 e. The minimum absolute atomic E-state index is 0.00356. The van der Waals surface area contributed by atoms with E-state index in [1.165, 1.54) is 0 Å². The molecule has 178 valence electrons. The summed E-state index contributed by atoms with van der Waals surface area (Å²) in [5.41, 5.74) is 2.72. The molecule has 2 aromatic heterocycles. The van der Waals surface area contributed by atoms with Crippen LogP contribution in [-0.4, -0.2) is 4.57 Å². The molecule has 0 fully saturated rings. The molecule has 38 heavy (non-hydrogen) atoms. The van der Waals surface area contributed by atoms with Gasteiger partial charge in [-0.2, -0.15) is 0 Å². The second kappa shape index (κ2) is 8.22. The van der Waals surface area contributed by atoms with Crippen molar-refractivity contribution in [1.29, 1.82) is 0 Å². The molecule has 2 heterocycles. The lowest BCUT2D eigenvalue weighted by Gasteiger charge is -2.10. The maximum atomic E-state index is 9.09. The molecule has 0 aliphatic heterocycles. The normalized spacial score (nSPS) is 16.1. The van der Waals surface area contributed by atoms with Gasteiger partial charge in [0.05, 0.1) is 27.5 Å². The first-order valence-electron chi connectivity index (χ1n) is 18.0. The van der Waals surface area contributed by atoms with Gasteiger partial charge in [-0.15, -0.1) is 0 Å². The summed E-state index contributed by atoms with van der Waals surface area (Å²) in [7, 11) is 0. The molecule has 0 unspecified atom stereocenters. The van der Waals surface area contributed by atoms with Gasteiger partial charge >= 0.3 is 0 Å². The molecule has 0 spiro atoms. The number of para-hydroxylation sites is 3. The van der Waals surface area contributed by atoms with Gasteiger partial charge in [0.25, 0.3) is 0 Å². The molecule has 0 radical (unpaired) electrons. The van der Waals surface area contributed by atoms with Crippen molar-refractivity contribution in [1.82, 2.24) is 4.57 Å². The number of aromatic nitrogens is 1. The first-order valence-corrected chi connectivity index (χ1v) is 12.0. The molecule has 2 nitrogen and oxygen atoms in total. The highest BCUT2D eigenvalue weighted by Gasteiger charge is 2.12. The smallest absolute Gasteiger partial charge is 0.135 e. The van der Waals surface area contributed by atoms with Crippen molar-refractivity contribution in [3.8, 4) is 27.9 Å². The summed E-state index contributed by atoms with van der Waals surface area (Å²) in [6.45, 7) is 0.